The molecule has 7 nitrogen and oxygen atoms in total. The summed E-state index contributed by atoms with van der Waals surface area (Å²) < 4.78 is 6.96. The number of aromatic nitrogens is 2. The third-order valence-corrected chi connectivity index (χ3v) is 4.21. The normalized spacial score (nSPS) is 11.5. The average Bonchev–Trinajstić information content (AvgIpc) is 3.23. The van der Waals surface area contributed by atoms with Gasteiger partial charge in [-0.05, 0) is 43.3 Å². The van der Waals surface area contributed by atoms with Crippen molar-refractivity contribution < 1.29 is 14.3 Å². The van der Waals surface area contributed by atoms with E-state index in [9.17, 15) is 9.59 Å². The van der Waals surface area contributed by atoms with Crippen LogP contribution in [0.3, 0.4) is 0 Å². The number of ether oxygens (including phenoxy) is 1. The van der Waals surface area contributed by atoms with E-state index in [4.69, 9.17) is 4.74 Å². The van der Waals surface area contributed by atoms with Crippen molar-refractivity contribution in [3.05, 3.63) is 72.6 Å². The molecule has 0 saturated heterocycles. The minimum absolute atomic E-state index is 0.0524. The number of carbonyl (C=O) groups excluding carboxylic acids is 2. The molecule has 144 valence electrons. The van der Waals surface area contributed by atoms with Gasteiger partial charge in [-0.2, -0.15) is 5.10 Å². The molecule has 3 rings (SSSR count). The van der Waals surface area contributed by atoms with Gasteiger partial charge < -0.3 is 15.4 Å². The molecule has 1 aromatic heterocycles. The molecular formula is C21H22N4O3. The second kappa shape index (κ2) is 8.85. The summed E-state index contributed by atoms with van der Waals surface area (Å²) in [6.07, 6.45) is 3.80. The second-order valence-electron chi connectivity index (χ2n) is 6.32. The van der Waals surface area contributed by atoms with Gasteiger partial charge in [-0.15, -0.1) is 0 Å². The van der Waals surface area contributed by atoms with Crippen molar-refractivity contribution in [1.29, 1.82) is 0 Å². The van der Waals surface area contributed by atoms with E-state index in [0.717, 1.165) is 0 Å². The Morgan fingerprint density at radius 1 is 1.07 bits per heavy atom. The van der Waals surface area contributed by atoms with Crippen LogP contribution in [0, 0.1) is 0 Å². The molecule has 28 heavy (non-hydrogen) atoms. The fraction of sp³-hybridized carbons (Fsp3) is 0.190. The first-order chi connectivity index (χ1) is 13.6. The molecule has 2 amide bonds. The van der Waals surface area contributed by atoms with Crippen molar-refractivity contribution in [3.63, 3.8) is 0 Å². The van der Waals surface area contributed by atoms with Crippen LogP contribution in [0.25, 0.3) is 0 Å². The van der Waals surface area contributed by atoms with Gasteiger partial charge in [0.25, 0.3) is 5.91 Å². The van der Waals surface area contributed by atoms with Gasteiger partial charge in [0.2, 0.25) is 5.91 Å². The van der Waals surface area contributed by atoms with Gasteiger partial charge in [-0.1, -0.05) is 18.2 Å². The summed E-state index contributed by atoms with van der Waals surface area (Å²) in [7, 11) is 1.52. The molecule has 0 bridgehead atoms. The van der Waals surface area contributed by atoms with Gasteiger partial charge in [0.15, 0.2) is 0 Å². The number of rotatable bonds is 7. The lowest BCUT2D eigenvalue weighted by molar-refractivity contribution is -0.116. The van der Waals surface area contributed by atoms with E-state index in [-0.39, 0.29) is 17.9 Å². The van der Waals surface area contributed by atoms with Gasteiger partial charge >= 0.3 is 0 Å². The van der Waals surface area contributed by atoms with E-state index in [1.54, 1.807) is 59.4 Å². The molecule has 0 saturated carbocycles. The Morgan fingerprint density at radius 2 is 1.82 bits per heavy atom. The zero-order chi connectivity index (χ0) is 19.9. The Bertz CT molecular complexity index is 954. The van der Waals surface area contributed by atoms with E-state index in [1.807, 2.05) is 19.2 Å². The molecule has 2 aromatic carbocycles. The number of nitrogens with zero attached hydrogens (tertiary/aromatic N) is 2. The fourth-order valence-corrected chi connectivity index (χ4v) is 2.82. The van der Waals surface area contributed by atoms with Crippen LogP contribution in [-0.2, 0) is 4.79 Å². The van der Waals surface area contributed by atoms with Crippen LogP contribution in [0.1, 0.15) is 29.7 Å². The first-order valence-electron chi connectivity index (χ1n) is 8.90. The Labute approximate surface area is 163 Å². The molecule has 7 heteroatoms. The van der Waals surface area contributed by atoms with Crippen molar-refractivity contribution in [1.82, 2.24) is 9.78 Å². The first kappa shape index (κ1) is 19.2. The van der Waals surface area contributed by atoms with Crippen LogP contribution in [-0.4, -0.2) is 28.7 Å². The van der Waals surface area contributed by atoms with Gasteiger partial charge in [0.1, 0.15) is 5.75 Å². The van der Waals surface area contributed by atoms with Gasteiger partial charge in [0, 0.05) is 30.2 Å². The van der Waals surface area contributed by atoms with Gasteiger partial charge in [-0.25, -0.2) is 0 Å². The van der Waals surface area contributed by atoms with Crippen LogP contribution in [0.5, 0.6) is 5.75 Å². The molecule has 0 fully saturated rings. The molecule has 0 radical (unpaired) electrons. The number of benzene rings is 2. The monoisotopic (exact) mass is 378 g/mol. The zero-order valence-corrected chi connectivity index (χ0v) is 15.8. The molecule has 0 unspecified atom stereocenters. The lowest BCUT2D eigenvalue weighted by Gasteiger charge is -2.13. The number of para-hydroxylation sites is 1. The van der Waals surface area contributed by atoms with Crippen LogP contribution < -0.4 is 15.4 Å². The van der Waals surface area contributed by atoms with Crippen molar-refractivity contribution >= 4 is 23.2 Å². The fourth-order valence-electron chi connectivity index (χ4n) is 2.82. The molecular weight excluding hydrogens is 356 g/mol. The van der Waals surface area contributed by atoms with Crippen molar-refractivity contribution in [3.8, 4) is 5.75 Å². The maximum absolute atomic E-state index is 12.5. The molecule has 1 heterocycles. The molecule has 0 aliphatic heterocycles. The standard InChI is InChI=1S/C21H22N4O3/c1-15(25-12-6-11-22-25)13-20(26)23-16-7-5-8-17(14-16)24-21(27)18-9-3-4-10-19(18)28-2/h3-12,14-15H,13H2,1-2H3,(H,23,26)(H,24,27)/t15-/m0/s1. The minimum atomic E-state index is -0.284. The Morgan fingerprint density at radius 3 is 2.54 bits per heavy atom. The van der Waals surface area contributed by atoms with Crippen LogP contribution in [0.2, 0.25) is 0 Å². The summed E-state index contributed by atoms with van der Waals surface area (Å²) in [4.78, 5) is 24.8. The topological polar surface area (TPSA) is 85.3 Å². The minimum Gasteiger partial charge on any atom is -0.496 e. The zero-order valence-electron chi connectivity index (χ0n) is 15.8. The average molecular weight is 378 g/mol. The highest BCUT2D eigenvalue weighted by atomic mass is 16.5. The number of amides is 2. The number of carbonyl (C=O) groups is 2. The summed E-state index contributed by atoms with van der Waals surface area (Å²) >= 11 is 0. The van der Waals surface area contributed by atoms with Crippen LogP contribution in [0.4, 0.5) is 11.4 Å². The summed E-state index contributed by atoms with van der Waals surface area (Å²) in [6, 6.07) is 15.8. The van der Waals surface area contributed by atoms with Crippen LogP contribution in [0.15, 0.2) is 67.0 Å². The Kier molecular flexibility index (Phi) is 6.06. The molecule has 0 aliphatic carbocycles. The molecule has 0 aliphatic rings. The SMILES string of the molecule is COc1ccccc1C(=O)Nc1cccc(NC(=O)C[C@H](C)n2cccn2)c1. The Balaban J connectivity index is 1.63. The highest BCUT2D eigenvalue weighted by molar-refractivity contribution is 6.06. The number of hydrogen-bond donors (Lipinski definition) is 2. The van der Waals surface area contributed by atoms with E-state index in [0.29, 0.717) is 29.1 Å². The number of hydrogen-bond acceptors (Lipinski definition) is 4. The maximum Gasteiger partial charge on any atom is 0.259 e. The van der Waals surface area contributed by atoms with E-state index < -0.39 is 0 Å². The van der Waals surface area contributed by atoms with Gasteiger partial charge in [0.05, 0.1) is 18.7 Å². The van der Waals surface area contributed by atoms with E-state index >= 15 is 0 Å². The molecule has 0 spiro atoms. The van der Waals surface area contributed by atoms with Crippen molar-refractivity contribution in [2.75, 3.05) is 17.7 Å². The highest BCUT2D eigenvalue weighted by Gasteiger charge is 2.13. The lowest BCUT2D eigenvalue weighted by atomic mass is 10.1. The number of nitrogens with one attached hydrogen (secondary N) is 2. The highest BCUT2D eigenvalue weighted by Crippen LogP contribution is 2.21. The quantitative estimate of drug-likeness (QED) is 0.656. The Hall–Kier alpha value is -3.61. The van der Waals surface area contributed by atoms with E-state index in [2.05, 4.69) is 15.7 Å². The summed E-state index contributed by atoms with van der Waals surface area (Å²) in [5, 5.41) is 9.82. The maximum atomic E-state index is 12.5. The van der Waals surface area contributed by atoms with Crippen molar-refractivity contribution in [2.45, 2.75) is 19.4 Å². The largest absolute Gasteiger partial charge is 0.496 e. The van der Waals surface area contributed by atoms with E-state index in [1.165, 1.54) is 7.11 Å². The predicted molar refractivity (Wildman–Crippen MR) is 108 cm³/mol. The number of anilines is 2. The third-order valence-electron chi connectivity index (χ3n) is 4.21. The summed E-state index contributed by atoms with van der Waals surface area (Å²) in [6.45, 7) is 1.93. The molecule has 2 N–H and O–H groups in total. The summed E-state index contributed by atoms with van der Waals surface area (Å²) in [5.41, 5.74) is 1.62. The summed E-state index contributed by atoms with van der Waals surface area (Å²) in [5.74, 6) is 0.0847. The van der Waals surface area contributed by atoms with Crippen LogP contribution >= 0.6 is 0 Å². The van der Waals surface area contributed by atoms with Crippen molar-refractivity contribution in [2.24, 2.45) is 0 Å². The molecule has 1 atom stereocenters. The predicted octanol–water partition coefficient (Wildman–Crippen LogP) is 3.73. The lowest BCUT2D eigenvalue weighted by Crippen LogP contribution is -2.18. The van der Waals surface area contributed by atoms with Gasteiger partial charge in [-0.3, -0.25) is 14.3 Å². The second-order valence-corrected chi connectivity index (χ2v) is 6.32. The molecule has 3 aromatic rings. The third kappa shape index (κ3) is 4.76. The first-order valence-corrected chi connectivity index (χ1v) is 8.90. The number of methoxy groups -OCH3 is 1. The smallest absolute Gasteiger partial charge is 0.259 e.